The van der Waals surface area contributed by atoms with E-state index in [1.807, 2.05) is 18.4 Å². The smallest absolute Gasteiger partial charge is 0.0854 e. The summed E-state index contributed by atoms with van der Waals surface area (Å²) < 4.78 is 0. The first-order valence-corrected chi connectivity index (χ1v) is 3.81. The van der Waals surface area contributed by atoms with Crippen LogP contribution in [0.4, 0.5) is 0 Å². The summed E-state index contributed by atoms with van der Waals surface area (Å²) in [5.74, 6) is 0. The van der Waals surface area contributed by atoms with Crippen molar-refractivity contribution in [1.29, 1.82) is 0 Å². The van der Waals surface area contributed by atoms with Crippen molar-refractivity contribution in [3.8, 4) is 0 Å². The fraction of sp³-hybridized carbons (Fsp3) is 0.429. The lowest BCUT2D eigenvalue weighted by atomic mass is 10.3. The molecule has 0 amide bonds. The van der Waals surface area contributed by atoms with Crippen LogP contribution in [-0.2, 0) is 0 Å². The van der Waals surface area contributed by atoms with Gasteiger partial charge in [-0.05, 0) is 30.9 Å². The number of hydrogen-bond donors (Lipinski definition) is 1. The van der Waals surface area contributed by atoms with Gasteiger partial charge in [0.2, 0.25) is 0 Å². The molecule has 0 radical (unpaired) electrons. The van der Waals surface area contributed by atoms with E-state index >= 15 is 0 Å². The second-order valence-electron chi connectivity index (χ2n) is 2.20. The minimum atomic E-state index is -0.302. The van der Waals surface area contributed by atoms with Crippen LogP contribution >= 0.6 is 11.3 Å². The molecule has 0 fully saturated rings. The Kier molecular flexibility index (Phi) is 1.88. The van der Waals surface area contributed by atoms with Gasteiger partial charge in [-0.25, -0.2) is 0 Å². The first-order chi connectivity index (χ1) is 4.20. The van der Waals surface area contributed by atoms with E-state index in [1.165, 1.54) is 5.56 Å². The Hall–Kier alpha value is -0.340. The quantitative estimate of drug-likeness (QED) is 0.636. The molecule has 1 atom stereocenters. The average Bonchev–Trinajstić information content (AvgIpc) is 2.14. The Balaban J connectivity index is 2.85. The largest absolute Gasteiger partial charge is 0.388 e. The van der Waals surface area contributed by atoms with Crippen molar-refractivity contribution in [1.82, 2.24) is 0 Å². The van der Waals surface area contributed by atoms with E-state index < -0.39 is 0 Å². The third kappa shape index (κ3) is 1.53. The maximum Gasteiger partial charge on any atom is 0.0854 e. The van der Waals surface area contributed by atoms with Gasteiger partial charge in [0.1, 0.15) is 0 Å². The highest BCUT2D eigenvalue weighted by Crippen LogP contribution is 2.20. The van der Waals surface area contributed by atoms with E-state index in [1.54, 1.807) is 18.3 Å². The molecule has 9 heavy (non-hydrogen) atoms. The van der Waals surface area contributed by atoms with E-state index in [4.69, 9.17) is 5.11 Å². The first-order valence-electron chi connectivity index (χ1n) is 2.93. The molecule has 0 bridgehead atoms. The molecular formula is C7H10OS. The highest BCUT2D eigenvalue weighted by Gasteiger charge is 2.00. The molecule has 0 aliphatic heterocycles. The highest BCUT2D eigenvalue weighted by atomic mass is 32.1. The molecule has 1 aromatic rings. The first kappa shape index (κ1) is 6.78. The molecule has 0 aliphatic rings. The van der Waals surface area contributed by atoms with Crippen LogP contribution in [0.5, 0.6) is 0 Å². The third-order valence-corrected chi connectivity index (χ3v) is 2.38. The lowest BCUT2D eigenvalue weighted by Crippen LogP contribution is -1.83. The third-order valence-electron chi connectivity index (χ3n) is 1.16. The van der Waals surface area contributed by atoms with Crippen molar-refractivity contribution in [2.45, 2.75) is 20.0 Å². The fourth-order valence-corrected chi connectivity index (χ4v) is 1.51. The zero-order valence-electron chi connectivity index (χ0n) is 5.59. The van der Waals surface area contributed by atoms with E-state index in [-0.39, 0.29) is 6.10 Å². The Morgan fingerprint density at radius 2 is 2.33 bits per heavy atom. The van der Waals surface area contributed by atoms with Gasteiger partial charge < -0.3 is 5.11 Å². The summed E-state index contributed by atoms with van der Waals surface area (Å²) in [5, 5.41) is 11.1. The van der Waals surface area contributed by atoms with Gasteiger partial charge in [-0.3, -0.25) is 0 Å². The lowest BCUT2D eigenvalue weighted by Gasteiger charge is -1.95. The van der Waals surface area contributed by atoms with Gasteiger partial charge in [0.15, 0.2) is 0 Å². The summed E-state index contributed by atoms with van der Waals surface area (Å²) in [5.41, 5.74) is 1.23. The molecule has 0 unspecified atom stereocenters. The zero-order valence-corrected chi connectivity index (χ0v) is 6.40. The minimum absolute atomic E-state index is 0.302. The van der Waals surface area contributed by atoms with E-state index in [0.29, 0.717) is 0 Å². The number of aryl methyl sites for hydroxylation is 1. The molecule has 0 saturated carbocycles. The molecule has 0 saturated heterocycles. The highest BCUT2D eigenvalue weighted by molar-refractivity contribution is 7.10. The topological polar surface area (TPSA) is 20.2 Å². The van der Waals surface area contributed by atoms with Crippen molar-refractivity contribution < 1.29 is 5.11 Å². The molecule has 1 N–H and O–H groups in total. The van der Waals surface area contributed by atoms with Gasteiger partial charge in [-0.15, -0.1) is 11.3 Å². The van der Waals surface area contributed by atoms with Crippen LogP contribution < -0.4 is 0 Å². The Morgan fingerprint density at radius 3 is 2.56 bits per heavy atom. The number of aliphatic hydroxyl groups excluding tert-OH is 1. The Bertz CT molecular complexity index is 191. The van der Waals surface area contributed by atoms with Crippen molar-refractivity contribution in [3.63, 3.8) is 0 Å². The van der Waals surface area contributed by atoms with Crippen LogP contribution in [0.2, 0.25) is 0 Å². The van der Waals surface area contributed by atoms with Gasteiger partial charge in [-0.2, -0.15) is 0 Å². The van der Waals surface area contributed by atoms with Crippen LogP contribution in [0.3, 0.4) is 0 Å². The predicted molar refractivity (Wildman–Crippen MR) is 39.7 cm³/mol. The van der Waals surface area contributed by atoms with Gasteiger partial charge in [0.25, 0.3) is 0 Å². The molecule has 2 heteroatoms. The molecule has 0 aromatic carbocycles. The molecule has 50 valence electrons. The SMILES string of the molecule is Cc1csc([C@H](C)O)c1. The molecule has 1 aromatic heterocycles. The summed E-state index contributed by atoms with van der Waals surface area (Å²) in [7, 11) is 0. The summed E-state index contributed by atoms with van der Waals surface area (Å²) in [4.78, 5) is 1.05. The Morgan fingerprint density at radius 1 is 1.67 bits per heavy atom. The number of thiophene rings is 1. The van der Waals surface area contributed by atoms with E-state index in [0.717, 1.165) is 4.88 Å². The fourth-order valence-electron chi connectivity index (χ4n) is 0.672. The molecule has 1 rings (SSSR count). The monoisotopic (exact) mass is 142 g/mol. The van der Waals surface area contributed by atoms with Crippen molar-refractivity contribution in [2.75, 3.05) is 0 Å². The van der Waals surface area contributed by atoms with Crippen LogP contribution in [0, 0.1) is 6.92 Å². The van der Waals surface area contributed by atoms with Crippen LogP contribution in [0.15, 0.2) is 11.4 Å². The molecule has 0 spiro atoms. The predicted octanol–water partition coefficient (Wildman–Crippen LogP) is 2.11. The average molecular weight is 142 g/mol. The van der Waals surface area contributed by atoms with Crippen molar-refractivity contribution in [3.05, 3.63) is 21.9 Å². The maximum atomic E-state index is 9.05. The van der Waals surface area contributed by atoms with Crippen molar-refractivity contribution in [2.24, 2.45) is 0 Å². The zero-order chi connectivity index (χ0) is 6.85. The normalized spacial score (nSPS) is 13.7. The molecule has 0 aliphatic carbocycles. The van der Waals surface area contributed by atoms with Crippen LogP contribution in [-0.4, -0.2) is 5.11 Å². The Labute approximate surface area is 59.0 Å². The number of hydrogen-bond acceptors (Lipinski definition) is 2. The molecular weight excluding hydrogens is 132 g/mol. The van der Waals surface area contributed by atoms with Gasteiger partial charge in [0, 0.05) is 4.88 Å². The lowest BCUT2D eigenvalue weighted by molar-refractivity contribution is 0.203. The van der Waals surface area contributed by atoms with Crippen molar-refractivity contribution >= 4 is 11.3 Å². The summed E-state index contributed by atoms with van der Waals surface area (Å²) in [6, 6.07) is 2.01. The molecule has 1 heterocycles. The van der Waals surface area contributed by atoms with Gasteiger partial charge >= 0.3 is 0 Å². The van der Waals surface area contributed by atoms with Crippen LogP contribution in [0.25, 0.3) is 0 Å². The maximum absolute atomic E-state index is 9.05. The molecule has 1 nitrogen and oxygen atoms in total. The van der Waals surface area contributed by atoms with Crippen LogP contribution in [0.1, 0.15) is 23.5 Å². The summed E-state index contributed by atoms with van der Waals surface area (Å²) >= 11 is 1.61. The second kappa shape index (κ2) is 2.50. The standard InChI is InChI=1S/C7H10OS/c1-5-3-7(6(2)8)9-4-5/h3-4,6,8H,1-2H3/t6-/m0/s1. The summed E-state index contributed by atoms with van der Waals surface area (Å²) in [6.45, 7) is 3.81. The van der Waals surface area contributed by atoms with E-state index in [9.17, 15) is 0 Å². The van der Waals surface area contributed by atoms with E-state index in [2.05, 4.69) is 0 Å². The second-order valence-corrected chi connectivity index (χ2v) is 3.15. The van der Waals surface area contributed by atoms with Gasteiger partial charge in [-0.1, -0.05) is 0 Å². The van der Waals surface area contributed by atoms with Gasteiger partial charge in [0.05, 0.1) is 6.10 Å². The number of rotatable bonds is 1. The minimum Gasteiger partial charge on any atom is -0.388 e. The summed E-state index contributed by atoms with van der Waals surface area (Å²) in [6.07, 6.45) is -0.302. The number of aliphatic hydroxyl groups is 1.